The highest BCUT2D eigenvalue weighted by Gasteiger charge is 2.11. The van der Waals surface area contributed by atoms with Gasteiger partial charge in [-0.05, 0) is 61.7 Å². The summed E-state index contributed by atoms with van der Waals surface area (Å²) in [6.07, 6.45) is 0. The third-order valence-corrected chi connectivity index (χ3v) is 4.60. The van der Waals surface area contributed by atoms with E-state index in [1.165, 1.54) is 5.56 Å². The fourth-order valence-electron chi connectivity index (χ4n) is 3.58. The molecule has 4 nitrogen and oxygen atoms in total. The van der Waals surface area contributed by atoms with Gasteiger partial charge in [-0.2, -0.15) is 0 Å². The lowest BCUT2D eigenvalue weighted by molar-refractivity contribution is 0.319. The minimum Gasteiger partial charge on any atom is -0.496 e. The molecule has 0 amide bonds. The molecule has 136 valence electrons. The Balaban J connectivity index is 1.86. The summed E-state index contributed by atoms with van der Waals surface area (Å²) in [5.74, 6) is 0.943. The van der Waals surface area contributed by atoms with E-state index in [0.29, 0.717) is 12.1 Å². The van der Waals surface area contributed by atoms with Crippen LogP contribution in [-0.2, 0) is 13.1 Å². The number of hydrogen-bond donors (Lipinski definition) is 0. The summed E-state index contributed by atoms with van der Waals surface area (Å²) in [6, 6.07) is 11.9. The van der Waals surface area contributed by atoms with Crippen LogP contribution in [0, 0.1) is 20.8 Å². The van der Waals surface area contributed by atoms with Gasteiger partial charge in [-0.15, -0.1) is 0 Å². The number of nitrogens with zero attached hydrogens (tertiary/aromatic N) is 1. The highest BCUT2D eigenvalue weighted by molar-refractivity contribution is 5.80. The van der Waals surface area contributed by atoms with Crippen LogP contribution < -0.4 is 10.4 Å². The molecule has 26 heavy (non-hydrogen) atoms. The van der Waals surface area contributed by atoms with Crippen LogP contribution in [0.25, 0.3) is 11.0 Å². The van der Waals surface area contributed by atoms with Crippen molar-refractivity contribution in [3.8, 4) is 5.75 Å². The molecule has 0 aliphatic rings. The van der Waals surface area contributed by atoms with Crippen LogP contribution in [0.1, 0.15) is 27.8 Å². The molecule has 0 saturated carbocycles. The number of ether oxygens (including phenoxy) is 1. The van der Waals surface area contributed by atoms with Crippen molar-refractivity contribution in [2.45, 2.75) is 33.9 Å². The van der Waals surface area contributed by atoms with Gasteiger partial charge in [0.15, 0.2) is 0 Å². The summed E-state index contributed by atoms with van der Waals surface area (Å²) >= 11 is 0. The average Bonchev–Trinajstić information content (AvgIpc) is 2.53. The van der Waals surface area contributed by atoms with Gasteiger partial charge in [-0.25, -0.2) is 4.79 Å². The summed E-state index contributed by atoms with van der Waals surface area (Å²) in [7, 11) is 3.76. The molecule has 0 aliphatic carbocycles. The first-order valence-electron chi connectivity index (χ1n) is 8.73. The van der Waals surface area contributed by atoms with Gasteiger partial charge in [0.25, 0.3) is 0 Å². The lowest BCUT2D eigenvalue weighted by Gasteiger charge is -2.19. The molecular formula is C22H25NO3. The van der Waals surface area contributed by atoms with Crippen molar-refractivity contribution >= 4 is 11.0 Å². The van der Waals surface area contributed by atoms with Gasteiger partial charge in [-0.3, -0.25) is 4.90 Å². The molecule has 0 radical (unpaired) electrons. The number of benzene rings is 2. The van der Waals surface area contributed by atoms with E-state index in [1.807, 2.05) is 25.1 Å². The maximum Gasteiger partial charge on any atom is 0.336 e. The zero-order chi connectivity index (χ0) is 18.8. The Labute approximate surface area is 154 Å². The van der Waals surface area contributed by atoms with E-state index < -0.39 is 0 Å². The third-order valence-electron chi connectivity index (χ3n) is 4.60. The number of hydrogen-bond acceptors (Lipinski definition) is 4. The van der Waals surface area contributed by atoms with E-state index in [1.54, 1.807) is 13.2 Å². The summed E-state index contributed by atoms with van der Waals surface area (Å²) in [6.45, 7) is 7.59. The number of fused-ring (bicyclic) bond motifs is 1. The van der Waals surface area contributed by atoms with Crippen molar-refractivity contribution in [1.82, 2.24) is 4.90 Å². The standard InChI is InChI=1S/C22H25NO3/c1-14-6-7-19-18(11-21(24)26-20(19)8-14)13-23(4)12-17-9-15(2)22(25-5)16(3)10-17/h6-11H,12-13H2,1-5H3. The second kappa shape index (κ2) is 7.34. The minimum absolute atomic E-state index is 0.303. The normalized spacial score (nSPS) is 11.3. The Morgan fingerprint density at radius 3 is 2.35 bits per heavy atom. The lowest BCUT2D eigenvalue weighted by Crippen LogP contribution is -2.18. The summed E-state index contributed by atoms with van der Waals surface area (Å²) in [4.78, 5) is 14.1. The average molecular weight is 351 g/mol. The van der Waals surface area contributed by atoms with Gasteiger partial charge in [0.05, 0.1) is 7.11 Å². The zero-order valence-corrected chi connectivity index (χ0v) is 16.1. The molecule has 0 fully saturated rings. The van der Waals surface area contributed by atoms with E-state index in [4.69, 9.17) is 9.15 Å². The van der Waals surface area contributed by atoms with Crippen molar-refractivity contribution in [2.75, 3.05) is 14.2 Å². The van der Waals surface area contributed by atoms with Gasteiger partial charge < -0.3 is 9.15 Å². The van der Waals surface area contributed by atoms with Crippen LogP contribution in [0.4, 0.5) is 0 Å². The summed E-state index contributed by atoms with van der Waals surface area (Å²) in [5, 5.41) is 0.990. The van der Waals surface area contributed by atoms with E-state index in [-0.39, 0.29) is 5.63 Å². The molecule has 0 spiro atoms. The van der Waals surface area contributed by atoms with Gasteiger partial charge in [0.1, 0.15) is 11.3 Å². The van der Waals surface area contributed by atoms with Crippen LogP contribution >= 0.6 is 0 Å². The van der Waals surface area contributed by atoms with E-state index in [9.17, 15) is 4.79 Å². The SMILES string of the molecule is COc1c(C)cc(CN(C)Cc2cc(=O)oc3cc(C)ccc23)cc1C. The third kappa shape index (κ3) is 3.81. The first kappa shape index (κ1) is 18.2. The first-order valence-corrected chi connectivity index (χ1v) is 8.73. The maximum absolute atomic E-state index is 11.9. The number of methoxy groups -OCH3 is 1. The Morgan fingerprint density at radius 1 is 1.00 bits per heavy atom. The van der Waals surface area contributed by atoms with Crippen molar-refractivity contribution in [3.63, 3.8) is 0 Å². The van der Waals surface area contributed by atoms with Crippen LogP contribution in [-0.4, -0.2) is 19.1 Å². The van der Waals surface area contributed by atoms with Crippen LogP contribution in [0.3, 0.4) is 0 Å². The van der Waals surface area contributed by atoms with Crippen molar-refractivity contribution in [3.05, 3.63) is 74.6 Å². The monoisotopic (exact) mass is 351 g/mol. The highest BCUT2D eigenvalue weighted by Crippen LogP contribution is 2.25. The molecule has 3 aromatic rings. The van der Waals surface area contributed by atoms with Crippen molar-refractivity contribution in [2.24, 2.45) is 0 Å². The number of aryl methyl sites for hydroxylation is 3. The molecule has 0 bridgehead atoms. The fourth-order valence-corrected chi connectivity index (χ4v) is 3.58. The Hall–Kier alpha value is -2.59. The molecule has 0 saturated heterocycles. The van der Waals surface area contributed by atoms with Crippen LogP contribution in [0.2, 0.25) is 0 Å². The topological polar surface area (TPSA) is 42.7 Å². The molecule has 0 unspecified atom stereocenters. The van der Waals surface area contributed by atoms with Crippen LogP contribution in [0.15, 0.2) is 45.6 Å². The quantitative estimate of drug-likeness (QED) is 0.641. The summed E-state index contributed by atoms with van der Waals surface area (Å²) in [5.41, 5.74) is 5.91. The van der Waals surface area contributed by atoms with Gasteiger partial charge in [0, 0.05) is 24.5 Å². The predicted molar refractivity (Wildman–Crippen MR) is 105 cm³/mol. The minimum atomic E-state index is -0.303. The van der Waals surface area contributed by atoms with Crippen molar-refractivity contribution < 1.29 is 9.15 Å². The van der Waals surface area contributed by atoms with Gasteiger partial charge in [-0.1, -0.05) is 24.3 Å². The van der Waals surface area contributed by atoms with Crippen molar-refractivity contribution in [1.29, 1.82) is 0 Å². The largest absolute Gasteiger partial charge is 0.496 e. The molecular weight excluding hydrogens is 326 g/mol. The molecule has 1 heterocycles. The van der Waals surface area contributed by atoms with Gasteiger partial charge >= 0.3 is 5.63 Å². The molecule has 0 N–H and O–H groups in total. The number of rotatable bonds is 5. The smallest absolute Gasteiger partial charge is 0.336 e. The molecule has 0 atom stereocenters. The molecule has 3 rings (SSSR count). The van der Waals surface area contributed by atoms with E-state index in [0.717, 1.165) is 39.9 Å². The highest BCUT2D eigenvalue weighted by atomic mass is 16.5. The van der Waals surface area contributed by atoms with Gasteiger partial charge in [0.2, 0.25) is 0 Å². The molecule has 0 aliphatic heterocycles. The van der Waals surface area contributed by atoms with E-state index in [2.05, 4.69) is 37.9 Å². The Bertz CT molecular complexity index is 981. The lowest BCUT2D eigenvalue weighted by atomic mass is 10.0. The Kier molecular flexibility index (Phi) is 5.14. The zero-order valence-electron chi connectivity index (χ0n) is 16.1. The fraction of sp³-hybridized carbons (Fsp3) is 0.318. The second-order valence-electron chi connectivity index (χ2n) is 7.03. The molecule has 2 aromatic carbocycles. The maximum atomic E-state index is 11.9. The summed E-state index contributed by atoms with van der Waals surface area (Å²) < 4.78 is 10.8. The predicted octanol–water partition coefficient (Wildman–Crippen LogP) is 4.36. The first-order chi connectivity index (χ1) is 12.4. The molecule has 4 heteroatoms. The van der Waals surface area contributed by atoms with E-state index >= 15 is 0 Å². The molecule has 1 aromatic heterocycles. The van der Waals surface area contributed by atoms with Crippen LogP contribution in [0.5, 0.6) is 5.75 Å². The second-order valence-corrected chi connectivity index (χ2v) is 7.03. The Morgan fingerprint density at radius 2 is 1.69 bits per heavy atom.